The van der Waals surface area contributed by atoms with Crippen molar-refractivity contribution in [1.29, 1.82) is 0 Å². The van der Waals surface area contributed by atoms with E-state index in [1.54, 1.807) is 4.90 Å². The Labute approximate surface area is 122 Å². The quantitative estimate of drug-likeness (QED) is 0.812. The van der Waals surface area contributed by atoms with Crippen molar-refractivity contribution in [3.05, 3.63) is 35.4 Å². The maximum atomic E-state index is 12.7. The van der Waals surface area contributed by atoms with Gasteiger partial charge in [-0.15, -0.1) is 0 Å². The number of nitrogens with one attached hydrogen (secondary N) is 1. The lowest BCUT2D eigenvalue weighted by molar-refractivity contribution is -0.159. The fraction of sp³-hybridized carbons (Fsp3) is 0.467. The van der Waals surface area contributed by atoms with E-state index in [1.165, 1.54) is 0 Å². The van der Waals surface area contributed by atoms with Crippen molar-refractivity contribution in [2.24, 2.45) is 0 Å². The summed E-state index contributed by atoms with van der Waals surface area (Å²) in [6, 6.07) is 7.89. The van der Waals surface area contributed by atoms with Gasteiger partial charge in [-0.25, -0.2) is 4.79 Å². The molecule has 1 aromatic rings. The smallest absolute Gasteiger partial charge is 0.334 e. The van der Waals surface area contributed by atoms with E-state index < -0.39 is 12.1 Å². The molecule has 0 bridgehead atoms. The predicted molar refractivity (Wildman–Crippen MR) is 74.8 cm³/mol. The summed E-state index contributed by atoms with van der Waals surface area (Å²) in [7, 11) is 0. The van der Waals surface area contributed by atoms with Crippen LogP contribution in [0.4, 0.5) is 0 Å². The molecule has 6 heteroatoms. The monoisotopic (exact) mass is 290 g/mol. The van der Waals surface area contributed by atoms with Crippen molar-refractivity contribution in [3.8, 4) is 0 Å². The molecule has 2 unspecified atom stereocenters. The normalized spacial score (nSPS) is 25.2. The second-order valence-electron chi connectivity index (χ2n) is 5.36. The van der Waals surface area contributed by atoms with E-state index in [2.05, 4.69) is 5.32 Å². The highest BCUT2D eigenvalue weighted by Gasteiger charge is 2.34. The third-order valence-electron chi connectivity index (χ3n) is 4.05. The molecule has 1 fully saturated rings. The zero-order chi connectivity index (χ0) is 14.8. The van der Waals surface area contributed by atoms with E-state index in [9.17, 15) is 9.59 Å². The van der Waals surface area contributed by atoms with Gasteiger partial charge < -0.3 is 20.1 Å². The molecule has 2 aliphatic heterocycles. The molecule has 0 radical (unpaired) electrons. The Hall–Kier alpha value is -1.92. The SMILES string of the molecule is O=C(O)C1CN(C(=O)C2CNCc3ccccc32)CCO1. The zero-order valence-electron chi connectivity index (χ0n) is 11.6. The molecule has 1 amide bonds. The minimum Gasteiger partial charge on any atom is -0.479 e. The number of rotatable bonds is 2. The third kappa shape index (κ3) is 2.77. The van der Waals surface area contributed by atoms with E-state index in [-0.39, 0.29) is 25.0 Å². The number of carboxylic acid groups (broad SMARTS) is 1. The molecule has 0 saturated carbocycles. The van der Waals surface area contributed by atoms with E-state index in [4.69, 9.17) is 9.84 Å². The molecular formula is C15H18N2O4. The summed E-state index contributed by atoms with van der Waals surface area (Å²) < 4.78 is 5.17. The number of carboxylic acids is 1. The fourth-order valence-electron chi connectivity index (χ4n) is 2.94. The van der Waals surface area contributed by atoms with Crippen molar-refractivity contribution in [2.45, 2.75) is 18.6 Å². The van der Waals surface area contributed by atoms with Gasteiger partial charge in [0.25, 0.3) is 0 Å². The second kappa shape index (κ2) is 5.83. The first-order chi connectivity index (χ1) is 10.2. The fourth-order valence-corrected chi connectivity index (χ4v) is 2.94. The number of hydrogen-bond donors (Lipinski definition) is 2. The summed E-state index contributed by atoms with van der Waals surface area (Å²) >= 11 is 0. The van der Waals surface area contributed by atoms with Gasteiger partial charge in [0.15, 0.2) is 6.10 Å². The average Bonchev–Trinajstić information content (AvgIpc) is 2.53. The minimum absolute atomic E-state index is 0.0239. The van der Waals surface area contributed by atoms with Crippen molar-refractivity contribution in [3.63, 3.8) is 0 Å². The predicted octanol–water partition coefficient (Wildman–Crippen LogP) is 0.185. The number of amides is 1. The van der Waals surface area contributed by atoms with Crippen LogP contribution < -0.4 is 5.32 Å². The van der Waals surface area contributed by atoms with Gasteiger partial charge in [0, 0.05) is 19.6 Å². The van der Waals surface area contributed by atoms with Crippen LogP contribution in [-0.4, -0.2) is 54.2 Å². The van der Waals surface area contributed by atoms with E-state index in [0.29, 0.717) is 13.1 Å². The Bertz CT molecular complexity index is 560. The van der Waals surface area contributed by atoms with Crippen LogP contribution in [-0.2, 0) is 20.9 Å². The molecule has 0 aliphatic carbocycles. The molecule has 2 heterocycles. The number of hydrogen-bond acceptors (Lipinski definition) is 4. The van der Waals surface area contributed by atoms with Crippen LogP contribution in [0, 0.1) is 0 Å². The van der Waals surface area contributed by atoms with Crippen LogP contribution >= 0.6 is 0 Å². The van der Waals surface area contributed by atoms with E-state index in [1.807, 2.05) is 24.3 Å². The topological polar surface area (TPSA) is 78.9 Å². The first-order valence-electron chi connectivity index (χ1n) is 7.08. The number of benzene rings is 1. The van der Waals surface area contributed by atoms with Crippen molar-refractivity contribution in [1.82, 2.24) is 10.2 Å². The maximum absolute atomic E-state index is 12.7. The van der Waals surface area contributed by atoms with Gasteiger partial charge in [-0.1, -0.05) is 24.3 Å². The van der Waals surface area contributed by atoms with Gasteiger partial charge in [0.2, 0.25) is 5.91 Å². The Morgan fingerprint density at radius 3 is 2.95 bits per heavy atom. The second-order valence-corrected chi connectivity index (χ2v) is 5.36. The lowest BCUT2D eigenvalue weighted by atomic mass is 9.89. The average molecular weight is 290 g/mol. The van der Waals surface area contributed by atoms with Gasteiger partial charge in [0.1, 0.15) is 0 Å². The number of ether oxygens (including phenoxy) is 1. The van der Waals surface area contributed by atoms with Crippen LogP contribution in [0.5, 0.6) is 0 Å². The van der Waals surface area contributed by atoms with Gasteiger partial charge in [-0.3, -0.25) is 4.79 Å². The minimum atomic E-state index is -1.02. The highest BCUT2D eigenvalue weighted by Crippen LogP contribution is 2.26. The number of carbonyl (C=O) groups is 2. The van der Waals surface area contributed by atoms with E-state index >= 15 is 0 Å². The maximum Gasteiger partial charge on any atom is 0.334 e. The van der Waals surface area contributed by atoms with Gasteiger partial charge in [-0.05, 0) is 11.1 Å². The van der Waals surface area contributed by atoms with Gasteiger partial charge >= 0.3 is 5.97 Å². The van der Waals surface area contributed by atoms with Crippen LogP contribution in [0.1, 0.15) is 17.0 Å². The van der Waals surface area contributed by atoms with Crippen LogP contribution in [0.3, 0.4) is 0 Å². The van der Waals surface area contributed by atoms with Crippen LogP contribution in [0.25, 0.3) is 0 Å². The Morgan fingerprint density at radius 1 is 1.33 bits per heavy atom. The summed E-state index contributed by atoms with van der Waals surface area (Å²) in [4.78, 5) is 25.4. The summed E-state index contributed by atoms with van der Waals surface area (Å²) in [6.45, 7) is 2.18. The Kier molecular flexibility index (Phi) is 3.90. The number of carbonyl (C=O) groups excluding carboxylic acids is 1. The summed E-state index contributed by atoms with van der Waals surface area (Å²) in [6.07, 6.45) is -0.922. The summed E-state index contributed by atoms with van der Waals surface area (Å²) in [5.41, 5.74) is 2.17. The molecule has 0 aromatic heterocycles. The van der Waals surface area contributed by atoms with Gasteiger partial charge in [0.05, 0.1) is 19.1 Å². The largest absolute Gasteiger partial charge is 0.479 e. The highest BCUT2D eigenvalue weighted by atomic mass is 16.5. The highest BCUT2D eigenvalue weighted by molar-refractivity contribution is 5.85. The molecule has 2 aliphatic rings. The van der Waals surface area contributed by atoms with Gasteiger partial charge in [-0.2, -0.15) is 0 Å². The number of aliphatic carboxylic acids is 1. The standard InChI is InChI=1S/C15H18N2O4/c18-14(17-5-6-21-13(9-17)15(19)20)12-8-16-7-10-3-1-2-4-11(10)12/h1-4,12-13,16H,5-9H2,(H,19,20). The van der Waals surface area contributed by atoms with Crippen LogP contribution in [0.15, 0.2) is 24.3 Å². The zero-order valence-corrected chi connectivity index (χ0v) is 11.6. The van der Waals surface area contributed by atoms with E-state index in [0.717, 1.165) is 17.7 Å². The molecule has 21 heavy (non-hydrogen) atoms. The lowest BCUT2D eigenvalue weighted by Gasteiger charge is -2.35. The Balaban J connectivity index is 1.78. The summed E-state index contributed by atoms with van der Waals surface area (Å²) in [5.74, 6) is -1.29. The van der Waals surface area contributed by atoms with Crippen LogP contribution in [0.2, 0.25) is 0 Å². The van der Waals surface area contributed by atoms with Crippen molar-refractivity contribution >= 4 is 11.9 Å². The molecule has 3 rings (SSSR count). The van der Waals surface area contributed by atoms with Crippen molar-refractivity contribution < 1.29 is 19.4 Å². The lowest BCUT2D eigenvalue weighted by Crippen LogP contribution is -2.51. The first-order valence-corrected chi connectivity index (χ1v) is 7.08. The van der Waals surface area contributed by atoms with Crippen molar-refractivity contribution in [2.75, 3.05) is 26.2 Å². The molecule has 6 nitrogen and oxygen atoms in total. The molecular weight excluding hydrogens is 272 g/mol. The Morgan fingerprint density at radius 2 is 2.14 bits per heavy atom. The first kappa shape index (κ1) is 14.0. The molecule has 1 saturated heterocycles. The molecule has 1 aromatic carbocycles. The molecule has 112 valence electrons. The summed E-state index contributed by atoms with van der Waals surface area (Å²) in [5, 5.41) is 12.3. The number of fused-ring (bicyclic) bond motifs is 1. The molecule has 2 atom stereocenters. The number of morpholine rings is 1. The molecule has 2 N–H and O–H groups in total. The molecule has 0 spiro atoms. The number of nitrogens with zero attached hydrogens (tertiary/aromatic N) is 1. The third-order valence-corrected chi connectivity index (χ3v) is 4.05.